The summed E-state index contributed by atoms with van der Waals surface area (Å²) in [7, 11) is 2.25. The number of hydrogen-bond acceptors (Lipinski definition) is 3. The van der Waals surface area contributed by atoms with Crippen molar-refractivity contribution in [1.82, 2.24) is 4.90 Å². The van der Waals surface area contributed by atoms with Gasteiger partial charge in [0, 0.05) is 40.9 Å². The van der Waals surface area contributed by atoms with Gasteiger partial charge >= 0.3 is 0 Å². The molecule has 2 aliphatic rings. The summed E-state index contributed by atoms with van der Waals surface area (Å²) < 4.78 is 0.972. The molecule has 1 aromatic carbocycles. The van der Waals surface area contributed by atoms with Gasteiger partial charge in [-0.2, -0.15) is 0 Å². The molecular formula is C16H21BrN2O. The van der Waals surface area contributed by atoms with Crippen LogP contribution >= 0.6 is 15.9 Å². The summed E-state index contributed by atoms with van der Waals surface area (Å²) in [6.07, 6.45) is 3.80. The van der Waals surface area contributed by atoms with Crippen molar-refractivity contribution in [3.8, 4) is 0 Å². The average Bonchev–Trinajstić information content (AvgIpc) is 2.64. The average molecular weight is 337 g/mol. The molecule has 4 heteroatoms. The third-order valence-corrected chi connectivity index (χ3v) is 5.32. The Kier molecular flexibility index (Phi) is 3.87. The van der Waals surface area contributed by atoms with E-state index < -0.39 is 0 Å². The summed E-state index contributed by atoms with van der Waals surface area (Å²) in [5, 5.41) is 0. The predicted molar refractivity (Wildman–Crippen MR) is 85.5 cm³/mol. The Bertz CT molecular complexity index is 531. The highest BCUT2D eigenvalue weighted by Crippen LogP contribution is 2.33. The first kappa shape index (κ1) is 14.1. The maximum atomic E-state index is 11.9. The van der Waals surface area contributed by atoms with E-state index in [4.69, 9.17) is 0 Å². The van der Waals surface area contributed by atoms with Crippen LogP contribution in [0, 0.1) is 0 Å². The number of carbonyl (C=O) groups excluding carboxylic acids is 1. The van der Waals surface area contributed by atoms with E-state index in [1.54, 1.807) is 6.92 Å². The van der Waals surface area contributed by atoms with Crippen molar-refractivity contribution >= 4 is 27.4 Å². The molecule has 108 valence electrons. The minimum Gasteiger partial charge on any atom is -0.369 e. The van der Waals surface area contributed by atoms with Crippen LogP contribution < -0.4 is 4.90 Å². The molecule has 0 N–H and O–H groups in total. The lowest BCUT2D eigenvalue weighted by molar-refractivity contribution is 0.101. The monoisotopic (exact) mass is 336 g/mol. The lowest BCUT2D eigenvalue weighted by Crippen LogP contribution is -2.37. The van der Waals surface area contributed by atoms with Gasteiger partial charge in [-0.15, -0.1) is 0 Å². The van der Waals surface area contributed by atoms with E-state index in [1.807, 2.05) is 12.1 Å². The highest BCUT2D eigenvalue weighted by atomic mass is 79.9. The Morgan fingerprint density at radius 2 is 2.00 bits per heavy atom. The van der Waals surface area contributed by atoms with Crippen molar-refractivity contribution in [2.45, 2.75) is 38.3 Å². The molecular weight excluding hydrogens is 316 g/mol. The summed E-state index contributed by atoms with van der Waals surface area (Å²) in [6.45, 7) is 3.74. The first-order chi connectivity index (χ1) is 9.56. The molecule has 3 rings (SSSR count). The maximum Gasteiger partial charge on any atom is 0.161 e. The van der Waals surface area contributed by atoms with Crippen LogP contribution in [-0.4, -0.2) is 42.9 Å². The number of nitrogens with zero attached hydrogens (tertiary/aromatic N) is 2. The number of rotatable bonds is 2. The fourth-order valence-corrected chi connectivity index (χ4v) is 3.95. The quantitative estimate of drug-likeness (QED) is 0.774. The van der Waals surface area contributed by atoms with Crippen molar-refractivity contribution in [1.29, 1.82) is 0 Å². The van der Waals surface area contributed by atoms with Crippen LogP contribution in [0.25, 0.3) is 0 Å². The fraction of sp³-hybridized carbons (Fsp3) is 0.562. The summed E-state index contributed by atoms with van der Waals surface area (Å²) in [5.41, 5.74) is 1.93. The van der Waals surface area contributed by atoms with Crippen LogP contribution in [0.1, 0.15) is 36.5 Å². The van der Waals surface area contributed by atoms with E-state index in [-0.39, 0.29) is 5.78 Å². The summed E-state index contributed by atoms with van der Waals surface area (Å²) in [6, 6.07) is 7.42. The molecule has 2 atom stereocenters. The normalized spacial score (nSPS) is 26.6. The summed E-state index contributed by atoms with van der Waals surface area (Å²) >= 11 is 3.47. The molecule has 2 aliphatic heterocycles. The molecule has 2 heterocycles. The Morgan fingerprint density at radius 1 is 1.25 bits per heavy atom. The number of fused-ring (bicyclic) bond motifs is 2. The highest BCUT2D eigenvalue weighted by molar-refractivity contribution is 9.10. The number of hydrogen-bond donors (Lipinski definition) is 0. The molecule has 1 aromatic rings. The van der Waals surface area contributed by atoms with Crippen molar-refractivity contribution in [3.63, 3.8) is 0 Å². The minimum atomic E-state index is 0.143. The molecule has 2 fully saturated rings. The van der Waals surface area contributed by atoms with Crippen LogP contribution in [0.2, 0.25) is 0 Å². The van der Waals surface area contributed by atoms with Crippen molar-refractivity contribution < 1.29 is 4.79 Å². The van der Waals surface area contributed by atoms with Gasteiger partial charge in [-0.05, 0) is 51.4 Å². The molecule has 0 aromatic heterocycles. The van der Waals surface area contributed by atoms with Gasteiger partial charge in [0.2, 0.25) is 0 Å². The van der Waals surface area contributed by atoms with Gasteiger partial charge in [-0.1, -0.05) is 15.9 Å². The third kappa shape index (κ3) is 2.51. The first-order valence-electron chi connectivity index (χ1n) is 7.33. The molecule has 3 nitrogen and oxygen atoms in total. The number of benzene rings is 1. The van der Waals surface area contributed by atoms with Gasteiger partial charge < -0.3 is 4.90 Å². The number of halogens is 1. The second-order valence-electron chi connectivity index (χ2n) is 6.00. The molecule has 0 aliphatic carbocycles. The molecule has 0 spiro atoms. The van der Waals surface area contributed by atoms with Gasteiger partial charge in [-0.3, -0.25) is 9.69 Å². The van der Waals surface area contributed by atoms with E-state index in [2.05, 4.69) is 38.8 Å². The first-order valence-corrected chi connectivity index (χ1v) is 8.13. The van der Waals surface area contributed by atoms with E-state index in [1.165, 1.54) is 19.3 Å². The lowest BCUT2D eigenvalue weighted by Gasteiger charge is -2.29. The zero-order valence-corrected chi connectivity index (χ0v) is 13.7. The number of anilines is 1. The van der Waals surface area contributed by atoms with Crippen LogP contribution in [0.15, 0.2) is 22.7 Å². The van der Waals surface area contributed by atoms with Gasteiger partial charge in [0.25, 0.3) is 0 Å². The number of carbonyl (C=O) groups is 1. The highest BCUT2D eigenvalue weighted by Gasteiger charge is 2.35. The molecule has 0 saturated carbocycles. The molecule has 20 heavy (non-hydrogen) atoms. The minimum absolute atomic E-state index is 0.143. The largest absolute Gasteiger partial charge is 0.369 e. The van der Waals surface area contributed by atoms with Gasteiger partial charge in [-0.25, -0.2) is 0 Å². The van der Waals surface area contributed by atoms with Crippen LogP contribution in [0.5, 0.6) is 0 Å². The lowest BCUT2D eigenvalue weighted by atomic mass is 10.0. The van der Waals surface area contributed by atoms with E-state index in [0.717, 1.165) is 34.9 Å². The van der Waals surface area contributed by atoms with Crippen molar-refractivity contribution in [3.05, 3.63) is 28.2 Å². The molecule has 2 saturated heterocycles. The molecule has 0 amide bonds. The van der Waals surface area contributed by atoms with Crippen molar-refractivity contribution in [2.75, 3.05) is 25.0 Å². The standard InChI is InChI=1S/C16H21BrN2O/c1-11(20)15-9-12(17)3-6-16(15)19-8-7-13-4-5-14(10-19)18(13)2/h3,6,9,13-14H,4-5,7-8,10H2,1-2H3. The topological polar surface area (TPSA) is 23.6 Å². The van der Waals surface area contributed by atoms with Crippen molar-refractivity contribution in [2.24, 2.45) is 0 Å². The fourth-order valence-electron chi connectivity index (χ4n) is 3.59. The second-order valence-corrected chi connectivity index (χ2v) is 6.92. The second kappa shape index (κ2) is 5.49. The number of likely N-dealkylation sites (N-methyl/N-ethyl adjacent to an activating group) is 1. The van der Waals surface area contributed by atoms with Gasteiger partial charge in [0.15, 0.2) is 5.78 Å². The Balaban J connectivity index is 1.91. The van der Waals surface area contributed by atoms with Crippen LogP contribution in [0.3, 0.4) is 0 Å². The van der Waals surface area contributed by atoms with E-state index in [9.17, 15) is 4.79 Å². The molecule has 2 unspecified atom stereocenters. The van der Waals surface area contributed by atoms with E-state index >= 15 is 0 Å². The Hall–Kier alpha value is -0.870. The van der Waals surface area contributed by atoms with Crippen LogP contribution in [-0.2, 0) is 0 Å². The summed E-state index contributed by atoms with van der Waals surface area (Å²) in [5.74, 6) is 0.143. The number of Topliss-reactive ketones (excluding diaryl/α,β-unsaturated/α-hetero) is 1. The van der Waals surface area contributed by atoms with Gasteiger partial charge in [0.1, 0.15) is 0 Å². The van der Waals surface area contributed by atoms with Crippen LogP contribution in [0.4, 0.5) is 5.69 Å². The Morgan fingerprint density at radius 3 is 2.75 bits per heavy atom. The van der Waals surface area contributed by atoms with E-state index in [0.29, 0.717) is 6.04 Å². The summed E-state index contributed by atoms with van der Waals surface area (Å²) in [4.78, 5) is 16.9. The smallest absolute Gasteiger partial charge is 0.161 e. The molecule has 2 bridgehead atoms. The zero-order chi connectivity index (χ0) is 14.3. The third-order valence-electron chi connectivity index (χ3n) is 4.83. The number of ketones is 1. The SMILES string of the molecule is CC(=O)c1cc(Br)ccc1N1CCC2CCC(C1)N2C. The maximum absolute atomic E-state index is 11.9. The zero-order valence-electron chi connectivity index (χ0n) is 12.1. The van der Waals surface area contributed by atoms with Gasteiger partial charge in [0.05, 0.1) is 0 Å². The Labute approximate surface area is 129 Å². The predicted octanol–water partition coefficient (Wildman–Crippen LogP) is 3.32. The molecule has 0 radical (unpaired) electrons.